The first-order chi connectivity index (χ1) is 12.0. The molecule has 0 radical (unpaired) electrons. The molecule has 0 bridgehead atoms. The molecule has 0 aliphatic carbocycles. The largest absolute Gasteiger partial charge is 0.345 e. The van der Waals surface area contributed by atoms with Crippen LogP contribution in [0.2, 0.25) is 5.02 Å². The number of anilines is 1. The summed E-state index contributed by atoms with van der Waals surface area (Å²) in [6.45, 7) is 2.47. The summed E-state index contributed by atoms with van der Waals surface area (Å²) in [6.07, 6.45) is 0. The van der Waals surface area contributed by atoms with Crippen molar-refractivity contribution in [1.82, 2.24) is 9.80 Å². The Bertz CT molecular complexity index is 779. The highest BCUT2D eigenvalue weighted by Gasteiger charge is 2.23. The highest BCUT2D eigenvalue weighted by molar-refractivity contribution is 7.80. The summed E-state index contributed by atoms with van der Waals surface area (Å²) < 4.78 is 13.2. The van der Waals surface area contributed by atoms with E-state index in [4.69, 9.17) is 23.8 Å². The van der Waals surface area contributed by atoms with E-state index < -0.39 is 5.82 Å². The normalized spacial score (nSPS) is 14.3. The lowest BCUT2D eigenvalue weighted by molar-refractivity contribution is 0.0693. The quantitative estimate of drug-likeness (QED) is 0.810. The van der Waals surface area contributed by atoms with Crippen LogP contribution in [0.25, 0.3) is 0 Å². The van der Waals surface area contributed by atoms with Crippen molar-refractivity contribution in [3.63, 3.8) is 0 Å². The highest BCUT2D eigenvalue weighted by atomic mass is 35.5. The molecule has 7 heteroatoms. The maximum Gasteiger partial charge on any atom is 0.253 e. The monoisotopic (exact) mass is 377 g/mol. The van der Waals surface area contributed by atoms with Gasteiger partial charge in [-0.15, -0.1) is 0 Å². The lowest BCUT2D eigenvalue weighted by Gasteiger charge is -2.36. The number of halogens is 2. The van der Waals surface area contributed by atoms with Crippen LogP contribution in [0.5, 0.6) is 0 Å². The molecule has 0 aromatic heterocycles. The number of rotatable bonds is 2. The van der Waals surface area contributed by atoms with Crippen molar-refractivity contribution >= 4 is 40.5 Å². The second-order valence-electron chi connectivity index (χ2n) is 5.70. The van der Waals surface area contributed by atoms with Crippen LogP contribution >= 0.6 is 23.8 Å². The predicted octanol–water partition coefficient (Wildman–Crippen LogP) is 3.63. The Morgan fingerprint density at radius 3 is 2.32 bits per heavy atom. The van der Waals surface area contributed by atoms with Gasteiger partial charge < -0.3 is 15.1 Å². The Hall–Kier alpha value is -2.18. The fraction of sp³-hybridized carbons (Fsp3) is 0.222. The first-order valence-corrected chi connectivity index (χ1v) is 8.68. The molecule has 1 N–H and O–H groups in total. The van der Waals surface area contributed by atoms with Crippen LogP contribution < -0.4 is 5.32 Å². The Kier molecular flexibility index (Phi) is 5.50. The fourth-order valence-corrected chi connectivity index (χ4v) is 3.13. The van der Waals surface area contributed by atoms with E-state index in [0.29, 0.717) is 42.5 Å². The number of piperazine rings is 1. The Labute approximate surface area is 156 Å². The molecule has 1 saturated heterocycles. The van der Waals surface area contributed by atoms with Crippen molar-refractivity contribution in [2.45, 2.75) is 0 Å². The molecule has 0 unspecified atom stereocenters. The number of amides is 1. The van der Waals surface area contributed by atoms with Crippen LogP contribution in [0.15, 0.2) is 48.5 Å². The molecule has 25 heavy (non-hydrogen) atoms. The molecule has 1 aliphatic heterocycles. The molecule has 0 saturated carbocycles. The van der Waals surface area contributed by atoms with E-state index in [1.807, 2.05) is 40.1 Å². The molecule has 0 spiro atoms. The van der Waals surface area contributed by atoms with Crippen LogP contribution in [0, 0.1) is 5.82 Å². The number of nitrogens with zero attached hydrogens (tertiary/aromatic N) is 2. The molecule has 2 aromatic rings. The van der Waals surface area contributed by atoms with Gasteiger partial charge in [-0.1, -0.05) is 29.8 Å². The number of carbonyl (C=O) groups excluding carboxylic acids is 1. The van der Waals surface area contributed by atoms with Gasteiger partial charge in [0.05, 0.1) is 5.02 Å². The molecule has 1 aliphatic rings. The van der Waals surface area contributed by atoms with Crippen molar-refractivity contribution in [3.05, 3.63) is 64.9 Å². The smallest absolute Gasteiger partial charge is 0.253 e. The standard InChI is InChI=1S/C18H17ClFN3OS/c19-15-12-14(6-7-16(15)20)21-18(25)23-10-8-22(9-11-23)17(24)13-4-2-1-3-5-13/h1-7,12H,8-11H2,(H,21,25). The minimum absolute atomic E-state index is 0.0319. The zero-order chi connectivity index (χ0) is 17.8. The first kappa shape index (κ1) is 17.6. The van der Waals surface area contributed by atoms with Crippen molar-refractivity contribution in [2.75, 3.05) is 31.5 Å². The summed E-state index contributed by atoms with van der Waals surface area (Å²) in [4.78, 5) is 16.3. The van der Waals surface area contributed by atoms with Crippen LogP contribution in [0.3, 0.4) is 0 Å². The zero-order valence-corrected chi connectivity index (χ0v) is 15.0. The highest BCUT2D eigenvalue weighted by Crippen LogP contribution is 2.20. The summed E-state index contributed by atoms with van der Waals surface area (Å²) in [5.41, 5.74) is 1.33. The Morgan fingerprint density at radius 2 is 1.68 bits per heavy atom. The summed E-state index contributed by atoms with van der Waals surface area (Å²) in [5, 5.41) is 3.64. The molecular formula is C18H17ClFN3OS. The van der Waals surface area contributed by atoms with E-state index in [2.05, 4.69) is 5.32 Å². The van der Waals surface area contributed by atoms with Crippen LogP contribution in [0.4, 0.5) is 10.1 Å². The summed E-state index contributed by atoms with van der Waals surface area (Å²) in [6, 6.07) is 13.6. The number of thiocarbonyl (C=S) groups is 1. The van der Waals surface area contributed by atoms with E-state index in [0.717, 1.165) is 0 Å². The summed E-state index contributed by atoms with van der Waals surface area (Å²) >= 11 is 11.2. The van der Waals surface area contributed by atoms with Crippen LogP contribution in [-0.4, -0.2) is 47.0 Å². The van der Waals surface area contributed by atoms with Crippen molar-refractivity contribution in [1.29, 1.82) is 0 Å². The van der Waals surface area contributed by atoms with Gasteiger partial charge in [0.15, 0.2) is 5.11 Å². The molecule has 4 nitrogen and oxygen atoms in total. The maximum atomic E-state index is 13.2. The van der Waals surface area contributed by atoms with E-state index >= 15 is 0 Å². The second-order valence-corrected chi connectivity index (χ2v) is 6.50. The third kappa shape index (κ3) is 4.27. The number of hydrogen-bond donors (Lipinski definition) is 1. The Morgan fingerprint density at radius 1 is 1.04 bits per heavy atom. The molecule has 3 rings (SSSR count). The van der Waals surface area contributed by atoms with E-state index in [1.165, 1.54) is 12.1 Å². The van der Waals surface area contributed by atoms with Crippen LogP contribution in [0.1, 0.15) is 10.4 Å². The second kappa shape index (κ2) is 7.80. The zero-order valence-electron chi connectivity index (χ0n) is 13.4. The number of benzene rings is 2. The number of carbonyl (C=O) groups is 1. The van der Waals surface area contributed by atoms with Gasteiger partial charge in [0.25, 0.3) is 5.91 Å². The molecule has 1 fully saturated rings. The lowest BCUT2D eigenvalue weighted by atomic mass is 10.2. The molecule has 130 valence electrons. The number of nitrogens with one attached hydrogen (secondary N) is 1. The van der Waals surface area contributed by atoms with E-state index in [9.17, 15) is 9.18 Å². The van der Waals surface area contributed by atoms with Gasteiger partial charge in [-0.25, -0.2) is 4.39 Å². The minimum atomic E-state index is -0.467. The predicted molar refractivity (Wildman–Crippen MR) is 102 cm³/mol. The average Bonchev–Trinajstić information content (AvgIpc) is 2.65. The molecular weight excluding hydrogens is 361 g/mol. The third-order valence-corrected chi connectivity index (χ3v) is 4.70. The van der Waals surface area contributed by atoms with Gasteiger partial charge in [0, 0.05) is 37.4 Å². The fourth-order valence-electron chi connectivity index (χ4n) is 2.65. The van der Waals surface area contributed by atoms with Gasteiger partial charge in [-0.3, -0.25) is 4.79 Å². The molecule has 0 atom stereocenters. The maximum absolute atomic E-state index is 13.2. The molecule has 1 amide bonds. The lowest BCUT2D eigenvalue weighted by Crippen LogP contribution is -2.51. The van der Waals surface area contributed by atoms with E-state index in [-0.39, 0.29) is 10.9 Å². The van der Waals surface area contributed by atoms with Gasteiger partial charge >= 0.3 is 0 Å². The topological polar surface area (TPSA) is 35.6 Å². The van der Waals surface area contributed by atoms with Crippen molar-refractivity contribution < 1.29 is 9.18 Å². The first-order valence-electron chi connectivity index (χ1n) is 7.90. The van der Waals surface area contributed by atoms with Gasteiger partial charge in [0.2, 0.25) is 0 Å². The SMILES string of the molecule is O=C(c1ccccc1)N1CCN(C(=S)Nc2ccc(F)c(Cl)c2)CC1. The average molecular weight is 378 g/mol. The van der Waals surface area contributed by atoms with Crippen molar-refractivity contribution in [2.24, 2.45) is 0 Å². The molecule has 1 heterocycles. The van der Waals surface area contributed by atoms with Gasteiger partial charge in [-0.05, 0) is 42.5 Å². The van der Waals surface area contributed by atoms with Crippen molar-refractivity contribution in [3.8, 4) is 0 Å². The van der Waals surface area contributed by atoms with Gasteiger partial charge in [-0.2, -0.15) is 0 Å². The number of hydrogen-bond acceptors (Lipinski definition) is 2. The van der Waals surface area contributed by atoms with Gasteiger partial charge in [0.1, 0.15) is 5.82 Å². The summed E-state index contributed by atoms with van der Waals surface area (Å²) in [5.74, 6) is -0.435. The third-order valence-electron chi connectivity index (χ3n) is 4.05. The molecule has 2 aromatic carbocycles. The van der Waals surface area contributed by atoms with Crippen LogP contribution in [-0.2, 0) is 0 Å². The summed E-state index contributed by atoms with van der Waals surface area (Å²) in [7, 11) is 0. The van der Waals surface area contributed by atoms with E-state index in [1.54, 1.807) is 6.07 Å². The minimum Gasteiger partial charge on any atom is -0.345 e. The Balaban J connectivity index is 1.55.